The Morgan fingerprint density at radius 3 is 2.63 bits per heavy atom. The van der Waals surface area contributed by atoms with Crippen molar-refractivity contribution in [2.75, 3.05) is 13.7 Å². The summed E-state index contributed by atoms with van der Waals surface area (Å²) in [7, 11) is -1.41. The first-order chi connectivity index (χ1) is 14.3. The predicted octanol–water partition coefficient (Wildman–Crippen LogP) is 4.11. The van der Waals surface area contributed by atoms with Gasteiger partial charge in [0, 0.05) is 24.0 Å². The normalized spacial score (nSPS) is 24.2. The van der Waals surface area contributed by atoms with Crippen LogP contribution in [0.4, 0.5) is 4.11 Å². The maximum atomic E-state index is 14.9. The molecule has 164 valence electrons. The topological polar surface area (TPSA) is 60.7 Å². The monoisotopic (exact) mass is 433 g/mol. The van der Waals surface area contributed by atoms with Crippen LogP contribution in [0.25, 0.3) is 5.69 Å². The van der Waals surface area contributed by atoms with E-state index < -0.39 is 8.41 Å². The summed E-state index contributed by atoms with van der Waals surface area (Å²) in [5.41, 5.74) is 1.58. The Morgan fingerprint density at radius 2 is 1.97 bits per heavy atom. The number of rotatable bonds is 8. The van der Waals surface area contributed by atoms with Crippen LogP contribution in [-0.4, -0.2) is 44.0 Å². The molecule has 7 heteroatoms. The summed E-state index contributed by atoms with van der Waals surface area (Å²) in [4.78, 5) is 12.5. The smallest absolute Gasteiger partial charge is 0.297 e. The van der Waals surface area contributed by atoms with Crippen molar-refractivity contribution in [2.24, 2.45) is 5.92 Å². The molecule has 1 aromatic heterocycles. The molecule has 1 N–H and O–H groups in total. The third-order valence-corrected chi connectivity index (χ3v) is 8.63. The first-order valence-electron chi connectivity index (χ1n) is 10.6. The van der Waals surface area contributed by atoms with Crippen molar-refractivity contribution < 1.29 is 18.7 Å². The zero-order valence-corrected chi connectivity index (χ0v) is 19.2. The molecule has 30 heavy (non-hydrogen) atoms. The highest BCUT2D eigenvalue weighted by molar-refractivity contribution is 6.72. The highest BCUT2D eigenvalue weighted by Gasteiger charge is 2.50. The molecule has 1 saturated heterocycles. The van der Waals surface area contributed by atoms with Gasteiger partial charge in [-0.1, -0.05) is 19.1 Å². The molecule has 0 unspecified atom stereocenters. The van der Waals surface area contributed by atoms with Crippen LogP contribution < -0.4 is 10.3 Å². The lowest BCUT2D eigenvalue weighted by Crippen LogP contribution is -2.36. The van der Waals surface area contributed by atoms with Gasteiger partial charge in [0.2, 0.25) is 8.41 Å². The highest BCUT2D eigenvalue weighted by Crippen LogP contribution is 2.46. The van der Waals surface area contributed by atoms with E-state index in [1.165, 1.54) is 7.11 Å². The lowest BCUT2D eigenvalue weighted by atomic mass is 9.95. The first kappa shape index (κ1) is 22.7. The Kier molecular flexibility index (Phi) is 7.16. The number of halogens is 1. The van der Waals surface area contributed by atoms with E-state index in [2.05, 4.69) is 6.92 Å². The van der Waals surface area contributed by atoms with Crippen LogP contribution in [-0.2, 0) is 11.2 Å². The van der Waals surface area contributed by atoms with Crippen molar-refractivity contribution in [1.29, 1.82) is 0 Å². The van der Waals surface area contributed by atoms with Gasteiger partial charge in [-0.3, -0.25) is 9.36 Å². The summed E-state index contributed by atoms with van der Waals surface area (Å²) in [6.07, 6.45) is 3.53. The zero-order chi connectivity index (χ0) is 21.9. The van der Waals surface area contributed by atoms with Crippen molar-refractivity contribution in [3.8, 4) is 11.4 Å². The Hall–Kier alpha value is -1.96. The fraction of sp³-hybridized carbons (Fsp3) is 0.522. The second kappa shape index (κ2) is 9.45. The average Bonchev–Trinajstić information content (AvgIpc) is 3.02. The highest BCUT2D eigenvalue weighted by atomic mass is 28.4. The largest absolute Gasteiger partial charge is 0.491 e. The number of ether oxygens (including phenoxy) is 2. The van der Waals surface area contributed by atoms with Crippen LogP contribution in [0.15, 0.2) is 47.4 Å². The Balaban J connectivity index is 1.74. The molecular weight excluding hydrogens is 401 g/mol. The van der Waals surface area contributed by atoms with Gasteiger partial charge in [0.15, 0.2) is 5.75 Å². The van der Waals surface area contributed by atoms with Crippen molar-refractivity contribution >= 4 is 8.41 Å². The van der Waals surface area contributed by atoms with Crippen LogP contribution in [0.5, 0.6) is 5.75 Å². The maximum absolute atomic E-state index is 14.9. The van der Waals surface area contributed by atoms with Gasteiger partial charge in [-0.2, -0.15) is 0 Å². The molecule has 1 aliphatic rings. The summed E-state index contributed by atoms with van der Waals surface area (Å²) in [6.45, 7) is 5.56. The number of aryl methyl sites for hydroxylation is 1. The van der Waals surface area contributed by atoms with Gasteiger partial charge in [0.05, 0.1) is 19.3 Å². The number of hydrogen-bond acceptors (Lipinski definition) is 4. The van der Waals surface area contributed by atoms with Gasteiger partial charge < -0.3 is 18.7 Å². The molecule has 3 rings (SSSR count). The average molecular weight is 434 g/mol. The minimum absolute atomic E-state index is 0.0163. The molecule has 1 fully saturated rings. The summed E-state index contributed by atoms with van der Waals surface area (Å²) in [6, 6.07) is 11.3. The third-order valence-electron chi connectivity index (χ3n) is 6.15. The van der Waals surface area contributed by atoms with E-state index in [4.69, 9.17) is 9.47 Å². The van der Waals surface area contributed by atoms with Crippen molar-refractivity contribution in [2.45, 2.75) is 57.0 Å². The fourth-order valence-electron chi connectivity index (χ4n) is 4.78. The Labute approximate surface area is 178 Å². The van der Waals surface area contributed by atoms with Crippen LogP contribution in [0.2, 0.25) is 18.6 Å². The molecular formula is C23H32FNO4Si. The van der Waals surface area contributed by atoms with E-state index in [1.54, 1.807) is 36.0 Å². The van der Waals surface area contributed by atoms with Gasteiger partial charge in [-0.05, 0) is 68.1 Å². The molecule has 2 heterocycles. The number of benzene rings is 1. The number of aliphatic hydroxyl groups is 1. The molecule has 1 aromatic carbocycles. The number of aliphatic hydroxyl groups excluding tert-OH is 1. The number of nitrogens with zero attached hydrogens (tertiary/aromatic N) is 1. The molecule has 0 saturated carbocycles. The third kappa shape index (κ3) is 4.85. The maximum Gasteiger partial charge on any atom is 0.297 e. The number of hydrogen-bond donors (Lipinski definition) is 1. The van der Waals surface area contributed by atoms with E-state index in [0.717, 1.165) is 24.1 Å². The molecule has 4 atom stereocenters. The summed E-state index contributed by atoms with van der Waals surface area (Å²) < 4.78 is 27.8. The molecule has 0 radical (unpaired) electrons. The number of pyridine rings is 1. The van der Waals surface area contributed by atoms with Crippen molar-refractivity contribution in [3.63, 3.8) is 0 Å². The molecule has 0 amide bonds. The Morgan fingerprint density at radius 1 is 1.20 bits per heavy atom. The van der Waals surface area contributed by atoms with E-state index in [-0.39, 0.29) is 35.8 Å². The van der Waals surface area contributed by atoms with Crippen LogP contribution in [0.3, 0.4) is 0 Å². The molecule has 5 nitrogen and oxygen atoms in total. The fourth-order valence-corrected chi connectivity index (χ4v) is 7.37. The minimum Gasteiger partial charge on any atom is -0.491 e. The number of methoxy groups -OCH3 is 1. The van der Waals surface area contributed by atoms with Crippen LogP contribution in [0, 0.1) is 5.92 Å². The molecule has 1 aliphatic heterocycles. The number of aromatic nitrogens is 1. The molecule has 0 aliphatic carbocycles. The second-order valence-electron chi connectivity index (χ2n) is 8.63. The van der Waals surface area contributed by atoms with Gasteiger partial charge in [-0.15, -0.1) is 0 Å². The SMILES string of the molecule is COc1cccn(-c2cccc(CC[C@@H]3O[C@H](CCO)[C@@H]([Si](C)(C)F)[C@@H]3C)c2)c1=O. The quantitative estimate of drug-likeness (QED) is 0.503. The lowest BCUT2D eigenvalue weighted by Gasteiger charge is -2.28. The zero-order valence-electron chi connectivity index (χ0n) is 18.2. The van der Waals surface area contributed by atoms with E-state index in [9.17, 15) is 14.0 Å². The second-order valence-corrected chi connectivity index (χ2v) is 12.4. The van der Waals surface area contributed by atoms with Gasteiger partial charge >= 0.3 is 0 Å². The van der Waals surface area contributed by atoms with Crippen molar-refractivity contribution in [3.05, 3.63) is 58.5 Å². The van der Waals surface area contributed by atoms with Crippen LogP contribution >= 0.6 is 0 Å². The first-order valence-corrected chi connectivity index (χ1v) is 13.5. The van der Waals surface area contributed by atoms with E-state index in [0.29, 0.717) is 12.2 Å². The van der Waals surface area contributed by atoms with Crippen molar-refractivity contribution in [1.82, 2.24) is 4.57 Å². The molecule has 0 bridgehead atoms. The standard InChI is InChI=1S/C23H32FNO4Si/c1-16-19(29-20(12-14-26)22(16)30(3,4)24)11-10-17-7-5-8-18(15-17)25-13-6-9-21(28-2)23(25)27/h5-9,13,15-16,19-20,22,26H,10-12,14H2,1-4H3/t16-,19+,20-,22+/m1/s1. The Bertz CT molecular complexity index is 911. The minimum atomic E-state index is -2.89. The summed E-state index contributed by atoms with van der Waals surface area (Å²) in [5.74, 6) is 0.424. The van der Waals surface area contributed by atoms with Gasteiger partial charge in [0.1, 0.15) is 0 Å². The molecule has 0 spiro atoms. The molecule has 2 aromatic rings. The van der Waals surface area contributed by atoms with E-state index in [1.807, 2.05) is 24.3 Å². The summed E-state index contributed by atoms with van der Waals surface area (Å²) in [5, 5.41) is 9.37. The van der Waals surface area contributed by atoms with Gasteiger partial charge in [-0.25, -0.2) is 0 Å². The predicted molar refractivity (Wildman–Crippen MR) is 119 cm³/mol. The van der Waals surface area contributed by atoms with E-state index >= 15 is 0 Å². The van der Waals surface area contributed by atoms with Gasteiger partial charge in [0.25, 0.3) is 5.56 Å². The van der Waals surface area contributed by atoms with Crippen LogP contribution in [0.1, 0.15) is 25.3 Å². The summed E-state index contributed by atoms with van der Waals surface area (Å²) >= 11 is 0. The lowest BCUT2D eigenvalue weighted by molar-refractivity contribution is 0.0193.